The fourth-order valence-corrected chi connectivity index (χ4v) is 2.45. The lowest BCUT2D eigenvalue weighted by atomic mass is 10.1. The van der Waals surface area contributed by atoms with Gasteiger partial charge in [-0.25, -0.2) is 4.79 Å². The number of rotatable bonds is 6. The topological polar surface area (TPSA) is 51.5 Å². The first kappa shape index (κ1) is 15.5. The molecule has 0 amide bonds. The van der Waals surface area contributed by atoms with Crippen LogP contribution in [0.1, 0.15) is 27.4 Å². The molecule has 1 N–H and O–H groups in total. The van der Waals surface area contributed by atoms with E-state index >= 15 is 0 Å². The van der Waals surface area contributed by atoms with E-state index in [1.807, 2.05) is 43.5 Å². The molecule has 0 bridgehead atoms. The van der Waals surface area contributed by atoms with Crippen LogP contribution in [-0.4, -0.2) is 19.3 Å². The predicted molar refractivity (Wildman–Crippen MR) is 85.8 cm³/mol. The van der Waals surface area contributed by atoms with Gasteiger partial charge in [-0.1, -0.05) is 11.6 Å². The van der Waals surface area contributed by atoms with Crippen molar-refractivity contribution in [1.29, 1.82) is 0 Å². The zero-order valence-corrected chi connectivity index (χ0v) is 13.3. The van der Waals surface area contributed by atoms with Crippen LogP contribution >= 0.6 is 11.8 Å². The van der Waals surface area contributed by atoms with Crippen molar-refractivity contribution in [1.82, 2.24) is 0 Å². The molecule has 2 aromatic rings. The first-order valence-electron chi connectivity index (χ1n) is 6.63. The van der Waals surface area contributed by atoms with Crippen LogP contribution < -0.4 is 5.32 Å². The molecule has 0 aliphatic rings. The maximum Gasteiger partial charge on any atom is 0.339 e. The molecule has 2 rings (SSSR count). The lowest BCUT2D eigenvalue weighted by Gasteiger charge is -2.10. The quantitative estimate of drug-likeness (QED) is 0.822. The molecule has 0 aliphatic heterocycles. The van der Waals surface area contributed by atoms with E-state index in [0.29, 0.717) is 12.1 Å². The number of anilines is 1. The van der Waals surface area contributed by atoms with E-state index < -0.39 is 0 Å². The molecule has 0 spiro atoms. The van der Waals surface area contributed by atoms with E-state index in [2.05, 4.69) is 5.32 Å². The number of benzene rings is 1. The highest BCUT2D eigenvalue weighted by Gasteiger charge is 2.12. The number of nitrogens with one attached hydrogen (secondary N) is 1. The van der Waals surface area contributed by atoms with Gasteiger partial charge in [0, 0.05) is 5.69 Å². The summed E-state index contributed by atoms with van der Waals surface area (Å²) in [7, 11) is 1.38. The van der Waals surface area contributed by atoms with Crippen molar-refractivity contribution in [2.75, 3.05) is 18.7 Å². The van der Waals surface area contributed by atoms with Crippen molar-refractivity contribution in [3.8, 4) is 0 Å². The lowest BCUT2D eigenvalue weighted by Crippen LogP contribution is -2.08. The minimum absolute atomic E-state index is 0.344. The zero-order chi connectivity index (χ0) is 15.2. The summed E-state index contributed by atoms with van der Waals surface area (Å²) in [5.41, 5.74) is 2.30. The number of thioether (sulfide) groups is 1. The Hall–Kier alpha value is -1.88. The van der Waals surface area contributed by atoms with Crippen LogP contribution in [0.5, 0.6) is 0 Å². The van der Waals surface area contributed by atoms with Crippen LogP contribution in [0.3, 0.4) is 0 Å². The summed E-state index contributed by atoms with van der Waals surface area (Å²) in [6.45, 7) is 2.47. The third kappa shape index (κ3) is 4.04. The Balaban J connectivity index is 2.10. The van der Waals surface area contributed by atoms with Gasteiger partial charge in [-0.2, -0.15) is 11.8 Å². The molecule has 0 saturated carbocycles. The van der Waals surface area contributed by atoms with E-state index in [9.17, 15) is 4.79 Å². The van der Waals surface area contributed by atoms with Crippen LogP contribution in [0.2, 0.25) is 0 Å². The summed E-state index contributed by atoms with van der Waals surface area (Å²) in [6.07, 6.45) is 2.04. The van der Waals surface area contributed by atoms with Gasteiger partial charge in [-0.15, -0.1) is 0 Å². The van der Waals surface area contributed by atoms with Gasteiger partial charge in [0.1, 0.15) is 11.5 Å². The Morgan fingerprint density at radius 3 is 2.76 bits per heavy atom. The van der Waals surface area contributed by atoms with Gasteiger partial charge in [0.2, 0.25) is 0 Å². The second kappa shape index (κ2) is 7.22. The maximum atomic E-state index is 11.8. The Kier molecular flexibility index (Phi) is 5.33. The Morgan fingerprint density at radius 1 is 1.29 bits per heavy atom. The molecule has 1 aromatic heterocycles. The summed E-state index contributed by atoms with van der Waals surface area (Å²) in [6, 6.07) is 9.58. The van der Waals surface area contributed by atoms with Crippen molar-refractivity contribution in [3.05, 3.63) is 53.0 Å². The summed E-state index contributed by atoms with van der Waals surface area (Å²) in [5.74, 6) is 2.31. The number of carbonyl (C=O) groups is 1. The molecule has 0 fully saturated rings. The highest BCUT2D eigenvalue weighted by atomic mass is 32.2. The molecule has 0 unspecified atom stereocenters. The number of carbonyl (C=O) groups excluding carboxylic acids is 1. The average molecular weight is 305 g/mol. The predicted octanol–water partition coefficient (Wildman–Crippen LogP) is 3.85. The number of methoxy groups -OCH3 is 1. The molecule has 0 radical (unpaired) electrons. The van der Waals surface area contributed by atoms with Gasteiger partial charge in [0.25, 0.3) is 0 Å². The minimum atomic E-state index is -0.344. The lowest BCUT2D eigenvalue weighted by molar-refractivity contribution is 0.0601. The minimum Gasteiger partial charge on any atom is -0.465 e. The highest BCUT2D eigenvalue weighted by molar-refractivity contribution is 7.97. The van der Waals surface area contributed by atoms with E-state index in [-0.39, 0.29) is 5.97 Å². The highest BCUT2D eigenvalue weighted by Crippen LogP contribution is 2.20. The normalized spacial score (nSPS) is 10.4. The molecule has 0 atom stereocenters. The SMILES string of the molecule is COC(=O)c1cc(C)ccc1NCc1ccc(CSC)o1. The van der Waals surface area contributed by atoms with Crippen LogP contribution in [0, 0.1) is 6.92 Å². The smallest absolute Gasteiger partial charge is 0.339 e. The number of aryl methyl sites for hydroxylation is 1. The van der Waals surface area contributed by atoms with Crippen LogP contribution in [0.4, 0.5) is 5.69 Å². The Labute approximate surface area is 128 Å². The fourth-order valence-electron chi connectivity index (χ4n) is 2.01. The first-order valence-corrected chi connectivity index (χ1v) is 8.02. The molecule has 0 aliphatic carbocycles. The number of esters is 1. The number of hydrogen-bond acceptors (Lipinski definition) is 5. The molecule has 1 aromatic carbocycles. The molecule has 0 saturated heterocycles. The van der Waals surface area contributed by atoms with Crippen molar-refractivity contribution < 1.29 is 13.9 Å². The van der Waals surface area contributed by atoms with Crippen LogP contribution in [0.25, 0.3) is 0 Å². The van der Waals surface area contributed by atoms with Crippen molar-refractivity contribution in [3.63, 3.8) is 0 Å². The molecule has 4 nitrogen and oxygen atoms in total. The summed E-state index contributed by atoms with van der Waals surface area (Å²) < 4.78 is 10.5. The van der Waals surface area contributed by atoms with E-state index in [0.717, 1.165) is 28.5 Å². The molecular weight excluding hydrogens is 286 g/mol. The summed E-state index contributed by atoms with van der Waals surface area (Å²) >= 11 is 1.72. The van der Waals surface area contributed by atoms with Crippen molar-refractivity contribution >= 4 is 23.4 Å². The van der Waals surface area contributed by atoms with E-state index in [1.165, 1.54) is 7.11 Å². The van der Waals surface area contributed by atoms with Crippen LogP contribution in [-0.2, 0) is 17.0 Å². The first-order chi connectivity index (χ1) is 10.1. The largest absolute Gasteiger partial charge is 0.465 e. The van der Waals surface area contributed by atoms with E-state index in [1.54, 1.807) is 11.8 Å². The standard InChI is InChI=1S/C16H19NO3S/c1-11-4-7-15(14(8-11)16(18)19-2)17-9-12-5-6-13(20-12)10-21-3/h4-8,17H,9-10H2,1-3H3. The fraction of sp³-hybridized carbons (Fsp3) is 0.312. The second-order valence-electron chi connectivity index (χ2n) is 4.70. The maximum absolute atomic E-state index is 11.8. The van der Waals surface area contributed by atoms with Gasteiger partial charge in [0.05, 0.1) is 25.0 Å². The molecule has 1 heterocycles. The van der Waals surface area contributed by atoms with Gasteiger partial charge >= 0.3 is 5.97 Å². The Bertz CT molecular complexity index is 622. The van der Waals surface area contributed by atoms with Crippen molar-refractivity contribution in [2.45, 2.75) is 19.2 Å². The second-order valence-corrected chi connectivity index (χ2v) is 5.56. The number of ether oxygens (including phenoxy) is 1. The van der Waals surface area contributed by atoms with Gasteiger partial charge in [-0.05, 0) is 37.4 Å². The van der Waals surface area contributed by atoms with Gasteiger partial charge < -0.3 is 14.5 Å². The Morgan fingerprint density at radius 2 is 2.05 bits per heavy atom. The average Bonchev–Trinajstić information content (AvgIpc) is 2.93. The van der Waals surface area contributed by atoms with Gasteiger partial charge in [0.15, 0.2) is 0 Å². The third-order valence-electron chi connectivity index (χ3n) is 3.04. The van der Waals surface area contributed by atoms with Gasteiger partial charge in [-0.3, -0.25) is 0 Å². The van der Waals surface area contributed by atoms with Crippen LogP contribution in [0.15, 0.2) is 34.7 Å². The summed E-state index contributed by atoms with van der Waals surface area (Å²) in [5, 5.41) is 3.23. The molecule has 21 heavy (non-hydrogen) atoms. The third-order valence-corrected chi connectivity index (χ3v) is 3.61. The summed E-state index contributed by atoms with van der Waals surface area (Å²) in [4.78, 5) is 11.8. The molecule has 112 valence electrons. The number of hydrogen-bond donors (Lipinski definition) is 1. The van der Waals surface area contributed by atoms with Crippen molar-refractivity contribution in [2.24, 2.45) is 0 Å². The molecular formula is C16H19NO3S. The monoisotopic (exact) mass is 305 g/mol. The van der Waals surface area contributed by atoms with E-state index in [4.69, 9.17) is 9.15 Å². The zero-order valence-electron chi connectivity index (χ0n) is 12.4. The molecule has 5 heteroatoms. The number of furan rings is 1.